The van der Waals surface area contributed by atoms with Gasteiger partial charge in [0.25, 0.3) is 0 Å². The molecule has 0 saturated carbocycles. The number of para-hydroxylation sites is 1. The van der Waals surface area contributed by atoms with Gasteiger partial charge in [0.05, 0.1) is 11.1 Å². The molecule has 22 heavy (non-hydrogen) atoms. The summed E-state index contributed by atoms with van der Waals surface area (Å²) in [5.41, 5.74) is 3.16. The standard InChI is InChI=1S/C18H16N2O2/c1-12-18(15-7-3-4-8-16(15)19-12)17(22)11-20-9-5-6-14(10-20)13(2)21/h3-10H,11H2,1-2H3/p+1. The van der Waals surface area contributed by atoms with Crippen LogP contribution < -0.4 is 4.57 Å². The maximum atomic E-state index is 12.7. The van der Waals surface area contributed by atoms with Gasteiger partial charge in [0.15, 0.2) is 18.2 Å². The van der Waals surface area contributed by atoms with Crippen molar-refractivity contribution in [2.24, 2.45) is 0 Å². The number of hydrogen-bond acceptors (Lipinski definition) is 2. The van der Waals surface area contributed by atoms with E-state index in [2.05, 4.69) is 4.98 Å². The molecule has 0 saturated heterocycles. The minimum atomic E-state index is -0.00919. The lowest BCUT2D eigenvalue weighted by atomic mass is 10.1. The van der Waals surface area contributed by atoms with Crippen LogP contribution in [0.2, 0.25) is 0 Å². The molecule has 4 nitrogen and oxygen atoms in total. The zero-order valence-corrected chi connectivity index (χ0v) is 12.6. The third-order valence-electron chi connectivity index (χ3n) is 3.76. The number of aromatic nitrogens is 2. The van der Waals surface area contributed by atoms with Gasteiger partial charge in [-0.15, -0.1) is 0 Å². The normalized spacial score (nSPS) is 10.8. The molecule has 3 rings (SSSR count). The Morgan fingerprint density at radius 3 is 2.68 bits per heavy atom. The molecule has 0 aliphatic carbocycles. The molecule has 2 aromatic heterocycles. The van der Waals surface area contributed by atoms with E-state index in [0.717, 1.165) is 22.2 Å². The zero-order valence-electron chi connectivity index (χ0n) is 12.6. The molecular weight excluding hydrogens is 276 g/mol. The molecule has 0 amide bonds. The quantitative estimate of drug-likeness (QED) is 0.594. The number of aromatic amines is 1. The first-order valence-corrected chi connectivity index (χ1v) is 7.17. The van der Waals surface area contributed by atoms with E-state index in [1.807, 2.05) is 31.2 Å². The Balaban J connectivity index is 1.95. The zero-order chi connectivity index (χ0) is 15.7. The molecule has 0 unspecified atom stereocenters. The first-order valence-electron chi connectivity index (χ1n) is 7.17. The van der Waals surface area contributed by atoms with Crippen molar-refractivity contribution in [1.29, 1.82) is 0 Å². The van der Waals surface area contributed by atoms with E-state index >= 15 is 0 Å². The highest BCUT2D eigenvalue weighted by molar-refractivity contribution is 6.08. The predicted octanol–water partition coefficient (Wildman–Crippen LogP) is 2.85. The van der Waals surface area contributed by atoms with E-state index in [0.29, 0.717) is 5.56 Å². The highest BCUT2D eigenvalue weighted by atomic mass is 16.1. The number of carbonyl (C=O) groups is 2. The van der Waals surface area contributed by atoms with Crippen LogP contribution in [0.3, 0.4) is 0 Å². The van der Waals surface area contributed by atoms with Crippen LogP contribution >= 0.6 is 0 Å². The molecule has 1 aromatic carbocycles. The van der Waals surface area contributed by atoms with Gasteiger partial charge in [-0.3, -0.25) is 9.59 Å². The summed E-state index contributed by atoms with van der Waals surface area (Å²) in [5, 5.41) is 0.938. The molecule has 4 heteroatoms. The van der Waals surface area contributed by atoms with Crippen LogP contribution in [0.25, 0.3) is 10.9 Å². The summed E-state index contributed by atoms with van der Waals surface area (Å²) >= 11 is 0. The number of benzene rings is 1. The fourth-order valence-electron chi connectivity index (χ4n) is 2.71. The van der Waals surface area contributed by atoms with E-state index in [-0.39, 0.29) is 18.1 Å². The smallest absolute Gasteiger partial charge is 0.229 e. The number of aryl methyl sites for hydroxylation is 1. The van der Waals surface area contributed by atoms with Gasteiger partial charge in [-0.05, 0) is 26.0 Å². The summed E-state index contributed by atoms with van der Waals surface area (Å²) in [4.78, 5) is 27.3. The average Bonchev–Trinajstić information content (AvgIpc) is 2.83. The number of ketones is 2. The molecular formula is C18H17N2O2+. The van der Waals surface area contributed by atoms with Crippen LogP contribution in [-0.4, -0.2) is 16.6 Å². The number of Topliss-reactive ketones (excluding diaryl/α,β-unsaturated/α-hetero) is 2. The Morgan fingerprint density at radius 2 is 1.91 bits per heavy atom. The number of nitrogens with one attached hydrogen (secondary N) is 1. The van der Waals surface area contributed by atoms with Gasteiger partial charge in [0.1, 0.15) is 0 Å². The summed E-state index contributed by atoms with van der Waals surface area (Å²) in [6, 6.07) is 11.3. The van der Waals surface area contributed by atoms with Crippen molar-refractivity contribution in [2.45, 2.75) is 20.4 Å². The number of nitrogens with zero attached hydrogens (tertiary/aromatic N) is 1. The highest BCUT2D eigenvalue weighted by Crippen LogP contribution is 2.22. The van der Waals surface area contributed by atoms with Crippen molar-refractivity contribution in [3.8, 4) is 0 Å². The van der Waals surface area contributed by atoms with Crippen LogP contribution in [-0.2, 0) is 6.54 Å². The lowest BCUT2D eigenvalue weighted by molar-refractivity contribution is -0.683. The second-order valence-corrected chi connectivity index (χ2v) is 5.41. The summed E-state index contributed by atoms with van der Waals surface area (Å²) in [6.07, 6.45) is 3.51. The Hall–Kier alpha value is -2.75. The molecule has 0 bridgehead atoms. The van der Waals surface area contributed by atoms with Crippen LogP contribution in [0.1, 0.15) is 33.3 Å². The first kappa shape index (κ1) is 14.2. The fraction of sp³-hybridized carbons (Fsp3) is 0.167. The number of hydrogen-bond donors (Lipinski definition) is 1. The predicted molar refractivity (Wildman–Crippen MR) is 84.0 cm³/mol. The minimum absolute atomic E-state index is 0.00919. The summed E-state index contributed by atoms with van der Waals surface area (Å²) in [7, 11) is 0. The lowest BCUT2D eigenvalue weighted by Gasteiger charge is -2.00. The highest BCUT2D eigenvalue weighted by Gasteiger charge is 2.19. The topological polar surface area (TPSA) is 53.8 Å². The van der Waals surface area contributed by atoms with Gasteiger partial charge in [0, 0.05) is 22.7 Å². The van der Waals surface area contributed by atoms with Crippen molar-refractivity contribution in [3.05, 3.63) is 65.6 Å². The molecule has 0 aliphatic rings. The summed E-state index contributed by atoms with van der Waals surface area (Å²) < 4.78 is 1.75. The maximum Gasteiger partial charge on any atom is 0.229 e. The molecule has 1 N–H and O–H groups in total. The second-order valence-electron chi connectivity index (χ2n) is 5.41. The molecule has 0 spiro atoms. The fourth-order valence-corrected chi connectivity index (χ4v) is 2.71. The van der Waals surface area contributed by atoms with Crippen molar-refractivity contribution >= 4 is 22.5 Å². The molecule has 0 aliphatic heterocycles. The van der Waals surface area contributed by atoms with Gasteiger partial charge in [-0.2, -0.15) is 4.57 Å². The molecule has 2 heterocycles. The first-order chi connectivity index (χ1) is 10.6. The number of H-pyrrole nitrogens is 1. The van der Waals surface area contributed by atoms with Crippen LogP contribution in [0.15, 0.2) is 48.8 Å². The summed E-state index contributed by atoms with van der Waals surface area (Å²) in [6.45, 7) is 3.64. The molecule has 3 aromatic rings. The van der Waals surface area contributed by atoms with Crippen molar-refractivity contribution < 1.29 is 14.2 Å². The van der Waals surface area contributed by atoms with Crippen LogP contribution in [0.4, 0.5) is 0 Å². The third kappa shape index (κ3) is 2.55. The van der Waals surface area contributed by atoms with Crippen molar-refractivity contribution in [1.82, 2.24) is 4.98 Å². The van der Waals surface area contributed by atoms with Gasteiger partial charge in [-0.1, -0.05) is 18.2 Å². The average molecular weight is 293 g/mol. The van der Waals surface area contributed by atoms with E-state index in [1.165, 1.54) is 6.92 Å². The lowest BCUT2D eigenvalue weighted by Crippen LogP contribution is -2.38. The van der Waals surface area contributed by atoms with Crippen molar-refractivity contribution in [2.75, 3.05) is 0 Å². The van der Waals surface area contributed by atoms with Crippen molar-refractivity contribution in [3.63, 3.8) is 0 Å². The number of rotatable bonds is 4. The molecule has 0 fully saturated rings. The van der Waals surface area contributed by atoms with Gasteiger partial charge < -0.3 is 4.98 Å². The molecule has 110 valence electrons. The SMILES string of the molecule is CC(=O)c1ccc[n+](CC(=O)c2c(C)[nH]c3ccccc23)c1. The monoisotopic (exact) mass is 293 g/mol. The number of carbonyl (C=O) groups excluding carboxylic acids is 2. The molecule has 0 atom stereocenters. The molecule has 0 radical (unpaired) electrons. The van der Waals surface area contributed by atoms with Gasteiger partial charge in [-0.25, -0.2) is 0 Å². The van der Waals surface area contributed by atoms with Gasteiger partial charge in [0.2, 0.25) is 12.3 Å². The minimum Gasteiger partial charge on any atom is -0.358 e. The van der Waals surface area contributed by atoms with Gasteiger partial charge >= 0.3 is 0 Å². The van der Waals surface area contributed by atoms with E-state index in [1.54, 1.807) is 29.1 Å². The Labute approximate surface area is 128 Å². The van der Waals surface area contributed by atoms with E-state index in [4.69, 9.17) is 0 Å². The Bertz CT molecular complexity index is 878. The third-order valence-corrected chi connectivity index (χ3v) is 3.76. The van der Waals surface area contributed by atoms with Crippen LogP contribution in [0, 0.1) is 6.92 Å². The largest absolute Gasteiger partial charge is 0.358 e. The number of fused-ring (bicyclic) bond motifs is 1. The van der Waals surface area contributed by atoms with E-state index < -0.39 is 0 Å². The van der Waals surface area contributed by atoms with Crippen LogP contribution in [0.5, 0.6) is 0 Å². The number of pyridine rings is 1. The summed E-state index contributed by atoms with van der Waals surface area (Å²) in [5.74, 6) is 0.0192. The second kappa shape index (κ2) is 5.56. The maximum absolute atomic E-state index is 12.7. The Morgan fingerprint density at radius 1 is 1.14 bits per heavy atom. The Kier molecular flexibility index (Phi) is 3.59. The van der Waals surface area contributed by atoms with E-state index in [9.17, 15) is 9.59 Å².